The number of halogens is 2. The second-order valence-electron chi connectivity index (χ2n) is 9.97. The number of hydrogen-bond acceptors (Lipinski definition) is 7. The summed E-state index contributed by atoms with van der Waals surface area (Å²) < 4.78 is 31.0. The van der Waals surface area contributed by atoms with Crippen LogP contribution in [0, 0.1) is 18.6 Å². The van der Waals surface area contributed by atoms with Gasteiger partial charge in [0.2, 0.25) is 5.95 Å². The van der Waals surface area contributed by atoms with Gasteiger partial charge in [-0.3, -0.25) is 14.2 Å². The number of carbonyl (C=O) groups excluding carboxylic acids is 1. The zero-order chi connectivity index (χ0) is 28.7. The van der Waals surface area contributed by atoms with Gasteiger partial charge in [0.25, 0.3) is 11.5 Å². The molecule has 0 radical (unpaired) electrons. The summed E-state index contributed by atoms with van der Waals surface area (Å²) in [6.45, 7) is 3.08. The Balaban J connectivity index is 1.58. The number of aryl methyl sites for hydroxylation is 1. The van der Waals surface area contributed by atoms with Gasteiger partial charge >= 0.3 is 0 Å². The minimum Gasteiger partial charge on any atom is -0.341 e. The van der Waals surface area contributed by atoms with E-state index in [0.717, 1.165) is 35.1 Å². The molecule has 0 atom stereocenters. The maximum atomic E-state index is 15.0. The van der Waals surface area contributed by atoms with E-state index in [9.17, 15) is 9.59 Å². The molecule has 1 amide bonds. The molecule has 5 aromatic rings. The summed E-state index contributed by atoms with van der Waals surface area (Å²) in [5.41, 5.74) is 7.60. The number of para-hydroxylation sites is 1. The van der Waals surface area contributed by atoms with Crippen LogP contribution in [-0.4, -0.2) is 39.6 Å². The SMILES string of the molecule is Cc1ccc(NC(=O)c2cccs2)cc1-c1nc(N2CCC(N)CC2)nc2c1ccc(=O)n2-c1c(F)cccc1F. The van der Waals surface area contributed by atoms with Crippen molar-refractivity contribution in [3.8, 4) is 16.9 Å². The van der Waals surface area contributed by atoms with Crippen LogP contribution in [0.2, 0.25) is 0 Å². The number of pyridine rings is 1. The van der Waals surface area contributed by atoms with Crippen LogP contribution in [0.15, 0.2) is 70.8 Å². The molecule has 2 aromatic carbocycles. The molecular weight excluding hydrogens is 546 g/mol. The predicted octanol–water partition coefficient (Wildman–Crippen LogP) is 5.28. The van der Waals surface area contributed by atoms with Gasteiger partial charge in [0.1, 0.15) is 17.3 Å². The Bertz CT molecular complexity index is 1810. The van der Waals surface area contributed by atoms with Crippen LogP contribution in [0.25, 0.3) is 28.0 Å². The summed E-state index contributed by atoms with van der Waals surface area (Å²) in [5.74, 6) is -1.70. The summed E-state index contributed by atoms with van der Waals surface area (Å²) in [5, 5.41) is 5.18. The minimum atomic E-state index is -0.889. The van der Waals surface area contributed by atoms with Gasteiger partial charge in [0.15, 0.2) is 5.65 Å². The molecule has 3 N–H and O–H groups in total. The van der Waals surface area contributed by atoms with Crippen molar-refractivity contribution in [1.82, 2.24) is 14.5 Å². The number of piperidine rings is 1. The Morgan fingerprint density at radius 2 is 1.78 bits per heavy atom. The molecule has 208 valence electrons. The number of amides is 1. The fourth-order valence-corrected chi connectivity index (χ4v) is 5.64. The summed E-state index contributed by atoms with van der Waals surface area (Å²) in [6, 6.07) is 15.3. The van der Waals surface area contributed by atoms with Crippen molar-refractivity contribution in [2.75, 3.05) is 23.3 Å². The minimum absolute atomic E-state index is 0.0581. The smallest absolute Gasteiger partial charge is 0.265 e. The molecule has 1 aliphatic heterocycles. The van der Waals surface area contributed by atoms with Crippen molar-refractivity contribution >= 4 is 39.9 Å². The van der Waals surface area contributed by atoms with Crippen LogP contribution in [0.5, 0.6) is 0 Å². The number of thiophene rings is 1. The van der Waals surface area contributed by atoms with Crippen LogP contribution in [0.4, 0.5) is 20.4 Å². The number of nitrogens with two attached hydrogens (primary N) is 1. The van der Waals surface area contributed by atoms with E-state index in [1.807, 2.05) is 23.3 Å². The molecule has 6 rings (SSSR count). The number of rotatable bonds is 5. The lowest BCUT2D eigenvalue weighted by atomic mass is 10.0. The van der Waals surface area contributed by atoms with E-state index in [0.29, 0.717) is 46.2 Å². The van der Waals surface area contributed by atoms with Gasteiger partial charge in [-0.1, -0.05) is 18.2 Å². The number of hydrogen-bond donors (Lipinski definition) is 2. The highest BCUT2D eigenvalue weighted by Crippen LogP contribution is 2.34. The number of nitrogens with zero attached hydrogens (tertiary/aromatic N) is 4. The number of carbonyl (C=O) groups is 1. The zero-order valence-electron chi connectivity index (χ0n) is 22.1. The fourth-order valence-electron chi connectivity index (χ4n) is 5.02. The Hall–Kier alpha value is -4.48. The molecule has 3 aromatic heterocycles. The number of nitrogens with one attached hydrogen (secondary N) is 1. The van der Waals surface area contributed by atoms with Crippen LogP contribution in [0.1, 0.15) is 28.1 Å². The van der Waals surface area contributed by atoms with E-state index >= 15 is 8.78 Å². The molecule has 1 saturated heterocycles. The van der Waals surface area contributed by atoms with Gasteiger partial charge in [-0.25, -0.2) is 13.8 Å². The molecular formula is C30H26F2N6O2S. The highest BCUT2D eigenvalue weighted by molar-refractivity contribution is 7.12. The van der Waals surface area contributed by atoms with Gasteiger partial charge in [-0.2, -0.15) is 4.98 Å². The summed E-state index contributed by atoms with van der Waals surface area (Å²) in [7, 11) is 0. The number of fused-ring (bicyclic) bond motifs is 1. The standard InChI is InChI=1S/C30H26F2N6O2S/c1-17-7-8-19(34-29(40)24-6-3-15-41-24)16-21(17)26-20-9-10-25(39)38(27-22(31)4-2-5-23(27)32)28(20)36-30(35-26)37-13-11-18(33)12-14-37/h2-10,15-16,18H,11-14,33H2,1H3,(H,34,40). The Kier molecular flexibility index (Phi) is 7.06. The van der Waals surface area contributed by atoms with Crippen LogP contribution >= 0.6 is 11.3 Å². The monoisotopic (exact) mass is 572 g/mol. The van der Waals surface area contributed by atoms with E-state index in [4.69, 9.17) is 15.7 Å². The highest BCUT2D eigenvalue weighted by Gasteiger charge is 2.24. The van der Waals surface area contributed by atoms with Crippen molar-refractivity contribution in [3.05, 3.63) is 98.5 Å². The first-order valence-corrected chi connectivity index (χ1v) is 14.0. The predicted molar refractivity (Wildman–Crippen MR) is 157 cm³/mol. The lowest BCUT2D eigenvalue weighted by Crippen LogP contribution is -2.40. The molecule has 0 saturated carbocycles. The maximum Gasteiger partial charge on any atom is 0.265 e. The summed E-state index contributed by atoms with van der Waals surface area (Å²) in [6.07, 6.45) is 1.45. The van der Waals surface area contributed by atoms with Crippen LogP contribution < -0.4 is 21.5 Å². The van der Waals surface area contributed by atoms with Crippen molar-refractivity contribution in [2.24, 2.45) is 5.73 Å². The third kappa shape index (κ3) is 5.09. The molecule has 0 unspecified atom stereocenters. The second-order valence-corrected chi connectivity index (χ2v) is 10.9. The van der Waals surface area contributed by atoms with E-state index in [2.05, 4.69) is 5.32 Å². The summed E-state index contributed by atoms with van der Waals surface area (Å²) >= 11 is 1.34. The van der Waals surface area contributed by atoms with Crippen molar-refractivity contribution in [2.45, 2.75) is 25.8 Å². The van der Waals surface area contributed by atoms with Gasteiger partial charge in [0, 0.05) is 41.8 Å². The van der Waals surface area contributed by atoms with Crippen LogP contribution in [0.3, 0.4) is 0 Å². The summed E-state index contributed by atoms with van der Waals surface area (Å²) in [4.78, 5) is 38.1. The first-order chi connectivity index (χ1) is 19.8. The Labute approximate surface area is 238 Å². The fraction of sp³-hybridized carbons (Fsp3) is 0.200. The average molecular weight is 573 g/mol. The molecule has 11 heteroatoms. The van der Waals surface area contributed by atoms with Crippen LogP contribution in [-0.2, 0) is 0 Å². The maximum absolute atomic E-state index is 15.0. The normalized spacial score (nSPS) is 14.0. The third-order valence-electron chi connectivity index (χ3n) is 7.22. The molecule has 1 aliphatic rings. The zero-order valence-corrected chi connectivity index (χ0v) is 22.9. The lowest BCUT2D eigenvalue weighted by Gasteiger charge is -2.30. The van der Waals surface area contributed by atoms with Crippen molar-refractivity contribution in [3.63, 3.8) is 0 Å². The topological polar surface area (TPSA) is 106 Å². The van der Waals surface area contributed by atoms with E-state index in [1.54, 1.807) is 30.3 Å². The number of aromatic nitrogens is 3. The number of benzene rings is 2. The van der Waals surface area contributed by atoms with Gasteiger partial charge < -0.3 is 16.0 Å². The van der Waals surface area contributed by atoms with E-state index in [-0.39, 0.29) is 17.6 Å². The molecule has 0 spiro atoms. The molecule has 41 heavy (non-hydrogen) atoms. The van der Waals surface area contributed by atoms with Crippen molar-refractivity contribution in [1.29, 1.82) is 0 Å². The Morgan fingerprint density at radius 3 is 2.49 bits per heavy atom. The first kappa shape index (κ1) is 26.7. The van der Waals surface area contributed by atoms with Gasteiger partial charge in [0.05, 0.1) is 10.6 Å². The molecule has 0 bridgehead atoms. The third-order valence-corrected chi connectivity index (χ3v) is 8.09. The highest BCUT2D eigenvalue weighted by atomic mass is 32.1. The van der Waals surface area contributed by atoms with E-state index in [1.165, 1.54) is 23.5 Å². The molecule has 1 fully saturated rings. The lowest BCUT2D eigenvalue weighted by molar-refractivity contribution is 0.103. The van der Waals surface area contributed by atoms with Gasteiger partial charge in [-0.05, 0) is 67.1 Å². The second kappa shape index (κ2) is 10.8. The molecule has 8 nitrogen and oxygen atoms in total. The average Bonchev–Trinajstić information content (AvgIpc) is 3.50. The first-order valence-electron chi connectivity index (χ1n) is 13.1. The molecule has 4 heterocycles. The molecule has 0 aliphatic carbocycles. The van der Waals surface area contributed by atoms with Gasteiger partial charge in [-0.15, -0.1) is 11.3 Å². The van der Waals surface area contributed by atoms with Crippen molar-refractivity contribution < 1.29 is 13.6 Å². The number of anilines is 2. The quantitative estimate of drug-likeness (QED) is 0.297. The Morgan fingerprint density at radius 1 is 1.02 bits per heavy atom. The van der Waals surface area contributed by atoms with E-state index < -0.39 is 22.9 Å². The largest absolute Gasteiger partial charge is 0.341 e.